The van der Waals surface area contributed by atoms with Crippen molar-refractivity contribution in [3.8, 4) is 11.8 Å². The number of thiophene rings is 1. The summed E-state index contributed by atoms with van der Waals surface area (Å²) in [6, 6.07) is 11.0. The minimum absolute atomic E-state index is 0.198. The number of hydrogen-bond acceptors (Lipinski definition) is 9. The van der Waals surface area contributed by atoms with Gasteiger partial charge in [0, 0.05) is 30.8 Å². The van der Waals surface area contributed by atoms with Crippen LogP contribution in [-0.4, -0.2) is 132 Å². The number of fused-ring (bicyclic) bond motifs is 7. The van der Waals surface area contributed by atoms with Crippen molar-refractivity contribution in [3.05, 3.63) is 59.4 Å². The summed E-state index contributed by atoms with van der Waals surface area (Å²) in [5.41, 5.74) is -0.779. The first kappa shape index (κ1) is 34.9. The lowest BCUT2D eigenvalue weighted by Crippen LogP contribution is -2.75. The maximum Gasteiger partial charge on any atom is 0.250 e. The molecule has 0 amide bonds. The van der Waals surface area contributed by atoms with Crippen LogP contribution in [0.1, 0.15) is 23.3 Å². The van der Waals surface area contributed by atoms with E-state index in [0.29, 0.717) is 28.5 Å². The van der Waals surface area contributed by atoms with Gasteiger partial charge in [-0.15, -0.1) is 11.3 Å². The largest absolute Gasteiger partial charge is 0.809 e. The fourth-order valence-electron chi connectivity index (χ4n) is 8.31. The molecule has 6 aliphatic heterocycles. The summed E-state index contributed by atoms with van der Waals surface area (Å²) in [6.45, 7) is 19.1. The number of nitriles is 1. The number of nitrogens with zero attached hydrogens (tertiary/aromatic N) is 5. The van der Waals surface area contributed by atoms with Crippen LogP contribution in [0.3, 0.4) is 0 Å². The van der Waals surface area contributed by atoms with Crippen LogP contribution in [0.15, 0.2) is 46.7 Å². The molecule has 16 heteroatoms. The number of ether oxygens (including phenoxy) is 1. The Hall–Kier alpha value is -2.48. The van der Waals surface area contributed by atoms with Crippen LogP contribution < -0.4 is 19.2 Å². The minimum atomic E-state index is -5.61. The zero-order valence-corrected chi connectivity index (χ0v) is 30.0. The third-order valence-corrected chi connectivity index (χ3v) is 15.9. The molecule has 0 spiro atoms. The lowest BCUT2D eigenvalue weighted by atomic mass is 10.1. The number of piperazine rings is 6. The number of halogens is 1. The van der Waals surface area contributed by atoms with Crippen molar-refractivity contribution < 1.29 is 45.3 Å². The van der Waals surface area contributed by atoms with E-state index in [2.05, 4.69) is 4.90 Å². The lowest BCUT2D eigenvalue weighted by molar-refractivity contribution is -1.08. The molecule has 6 aliphatic rings. The van der Waals surface area contributed by atoms with E-state index < -0.39 is 34.8 Å². The Morgan fingerprint density at radius 2 is 1.53 bits per heavy atom. The predicted octanol–water partition coefficient (Wildman–Crippen LogP) is 1.38. The molecule has 0 saturated carbocycles. The van der Waals surface area contributed by atoms with Gasteiger partial charge in [-0.05, 0) is 54.9 Å². The molecule has 0 aliphatic carbocycles. The summed E-state index contributed by atoms with van der Waals surface area (Å²) in [5, 5.41) is 9.55. The van der Waals surface area contributed by atoms with Crippen LogP contribution in [0.2, 0.25) is 0 Å². The zero-order valence-electron chi connectivity index (χ0n) is 27.5. The van der Waals surface area contributed by atoms with Gasteiger partial charge in [0.05, 0.1) is 44.1 Å². The molecule has 49 heavy (non-hydrogen) atoms. The Bertz CT molecular complexity index is 1880. The Labute approximate surface area is 290 Å². The molecule has 7 heterocycles. The van der Waals surface area contributed by atoms with Crippen LogP contribution in [-0.2, 0) is 14.6 Å². The molecule has 1 unspecified atom stereocenters. The molecule has 12 nitrogen and oxygen atoms in total. The van der Waals surface area contributed by atoms with E-state index in [4.69, 9.17) is 10.00 Å². The maximum atomic E-state index is 14.2. The number of nitrogens with one attached hydrogen (secondary N) is 1. The van der Waals surface area contributed by atoms with E-state index in [9.17, 15) is 27.2 Å². The van der Waals surface area contributed by atoms with Crippen LogP contribution in [0.25, 0.3) is 10.1 Å². The monoisotopic (exact) mass is 733 g/mol. The average Bonchev–Trinajstić information content (AvgIpc) is 3.53. The first-order valence-corrected chi connectivity index (χ1v) is 20.9. The smallest absolute Gasteiger partial charge is 0.250 e. The van der Waals surface area contributed by atoms with Crippen molar-refractivity contribution >= 4 is 39.0 Å². The van der Waals surface area contributed by atoms with Crippen molar-refractivity contribution in [3.63, 3.8) is 0 Å². The van der Waals surface area contributed by atoms with E-state index in [-0.39, 0.29) is 9.77 Å². The SMILES string of the molecule is N#Cc1ccc(C(NS(=O)(=O)c2cc3cc(OCC[N+]45CC[N+](CCC[N+]67CCN(CC6)CC7)(CC4)CC5)ccc3s2)P(=O)([O-])[O-])cc1F. The highest BCUT2D eigenvalue weighted by Gasteiger charge is 2.49. The van der Waals surface area contributed by atoms with Crippen LogP contribution in [0.5, 0.6) is 5.75 Å². The molecule has 9 rings (SSSR count). The fourth-order valence-corrected chi connectivity index (χ4v) is 12.2. The van der Waals surface area contributed by atoms with Crippen LogP contribution in [0, 0.1) is 17.1 Å². The van der Waals surface area contributed by atoms with E-state index in [0.717, 1.165) is 34.5 Å². The lowest BCUT2D eigenvalue weighted by Gasteiger charge is -2.56. The van der Waals surface area contributed by atoms with Crippen LogP contribution in [0.4, 0.5) is 4.39 Å². The molecule has 1 atom stereocenters. The summed E-state index contributed by atoms with van der Waals surface area (Å²) in [6.07, 6.45) is 1.32. The van der Waals surface area contributed by atoms with Gasteiger partial charge in [0.1, 0.15) is 74.3 Å². The first-order valence-electron chi connectivity index (χ1n) is 17.0. The van der Waals surface area contributed by atoms with Crippen LogP contribution >= 0.6 is 18.9 Å². The Morgan fingerprint density at radius 3 is 2.12 bits per heavy atom. The molecule has 1 aromatic heterocycles. The van der Waals surface area contributed by atoms with Crippen molar-refractivity contribution in [2.75, 3.05) is 105 Å². The summed E-state index contributed by atoms with van der Waals surface area (Å²) < 4.78 is 65.0. The number of hydrogen-bond donors (Lipinski definition) is 1. The van der Waals surface area contributed by atoms with Crippen molar-refractivity contribution in [2.45, 2.75) is 16.4 Å². The van der Waals surface area contributed by atoms with Gasteiger partial charge in [-0.25, -0.2) is 12.8 Å². The molecule has 4 bridgehead atoms. The van der Waals surface area contributed by atoms with Gasteiger partial charge in [-0.1, -0.05) is 6.07 Å². The molecular formula is C33H43FN6O6PS2+. The Morgan fingerprint density at radius 1 is 0.918 bits per heavy atom. The average molecular weight is 734 g/mol. The number of rotatable bonds is 13. The highest BCUT2D eigenvalue weighted by atomic mass is 32.2. The van der Waals surface area contributed by atoms with Gasteiger partial charge in [-0.2, -0.15) is 9.98 Å². The standard InChI is InChI=1S/C33H43FN6O6PS2/c34-30-23-26(2-3-27(30)25-35)33(47(41,42)43)36-49(44,45)32-24-28-22-29(4-5-31(28)48-32)46-21-20-40-17-14-39(15-18-40,16-19-40)10-1-9-38-11-6-37(7-12-38)8-13-38/h2-5,22-24,33,36H,1,6-21H2/q+1. The van der Waals surface area contributed by atoms with Gasteiger partial charge in [0.25, 0.3) is 10.0 Å². The van der Waals surface area contributed by atoms with Crippen molar-refractivity contribution in [1.29, 1.82) is 5.26 Å². The minimum Gasteiger partial charge on any atom is -0.809 e. The normalized spacial score (nSPS) is 28.8. The van der Waals surface area contributed by atoms with Gasteiger partial charge < -0.3 is 32.5 Å². The molecule has 1 N–H and O–H groups in total. The number of benzene rings is 2. The second-order valence-corrected chi connectivity index (χ2v) is 19.1. The first-order chi connectivity index (χ1) is 23.3. The summed E-state index contributed by atoms with van der Waals surface area (Å²) in [7, 11) is -10.1. The molecule has 2 aromatic carbocycles. The van der Waals surface area contributed by atoms with E-state index in [1.807, 2.05) is 4.72 Å². The second-order valence-electron chi connectivity index (χ2n) is 14.4. The maximum absolute atomic E-state index is 14.2. The van der Waals surface area contributed by atoms with Gasteiger partial charge >= 0.3 is 0 Å². The number of sulfonamides is 1. The number of quaternary nitrogens is 3. The summed E-state index contributed by atoms with van der Waals surface area (Å²) in [4.78, 5) is 26.7. The molecule has 6 fully saturated rings. The van der Waals surface area contributed by atoms with Crippen molar-refractivity contribution in [1.82, 2.24) is 9.62 Å². The van der Waals surface area contributed by atoms with Gasteiger partial charge in [0.15, 0.2) is 0 Å². The topological polar surface area (TPSA) is 146 Å². The van der Waals surface area contributed by atoms with Gasteiger partial charge in [0.2, 0.25) is 0 Å². The van der Waals surface area contributed by atoms with E-state index >= 15 is 0 Å². The molecule has 6 saturated heterocycles. The third kappa shape index (κ3) is 7.32. The molecular weight excluding hydrogens is 691 g/mol. The Kier molecular flexibility index (Phi) is 9.45. The van der Waals surface area contributed by atoms with Gasteiger partial charge in [-0.3, -0.25) is 4.90 Å². The van der Waals surface area contributed by atoms with E-state index in [1.165, 1.54) is 113 Å². The molecule has 0 radical (unpaired) electrons. The molecule has 3 aromatic rings. The summed E-state index contributed by atoms with van der Waals surface area (Å²) in [5.74, 6) is -2.70. The van der Waals surface area contributed by atoms with E-state index in [1.54, 1.807) is 24.3 Å². The highest BCUT2D eigenvalue weighted by Crippen LogP contribution is 2.44. The highest BCUT2D eigenvalue weighted by molar-refractivity contribution is 7.92. The fraction of sp³-hybridized carbons (Fsp3) is 0.545. The predicted molar refractivity (Wildman–Crippen MR) is 179 cm³/mol. The second kappa shape index (κ2) is 13.2. The third-order valence-electron chi connectivity index (χ3n) is 11.7. The zero-order chi connectivity index (χ0) is 34.5. The molecule has 264 valence electrons. The summed E-state index contributed by atoms with van der Waals surface area (Å²) >= 11 is 0.916. The van der Waals surface area contributed by atoms with Crippen molar-refractivity contribution in [2.24, 2.45) is 0 Å². The quantitative estimate of drug-likeness (QED) is 0.205. The Balaban J connectivity index is 0.936.